The van der Waals surface area contributed by atoms with Gasteiger partial charge in [0, 0.05) is 18.0 Å². The number of oxime groups is 1. The van der Waals surface area contributed by atoms with Crippen LogP contribution in [0.3, 0.4) is 0 Å². The number of rotatable bonds is 6. The Balaban J connectivity index is 1.36. The van der Waals surface area contributed by atoms with E-state index in [1.54, 1.807) is 0 Å². The van der Waals surface area contributed by atoms with Gasteiger partial charge in [-0.25, -0.2) is 0 Å². The van der Waals surface area contributed by atoms with Crippen LogP contribution in [0.2, 0.25) is 0 Å². The third kappa shape index (κ3) is 3.60. The van der Waals surface area contributed by atoms with E-state index in [-0.39, 0.29) is 17.7 Å². The average molecular weight is 425 g/mol. The van der Waals surface area contributed by atoms with Crippen molar-refractivity contribution in [3.05, 3.63) is 107 Å². The van der Waals surface area contributed by atoms with Crippen LogP contribution in [0.1, 0.15) is 34.6 Å². The molecule has 160 valence electrons. The second-order valence-electron chi connectivity index (χ2n) is 8.34. The standard InChI is InChI=1S/C27H24N2O3/c1-18-12-14-21(15-13-18)24-23-25(32-28-24)27(31)29(26(23)30)17-16-22(19-8-4-2-5-9-19)20-10-6-3-7-11-20/h2-15,22-23,25H,16-17H2,1H3/t23-,25+/m1/s1. The Labute approximate surface area is 187 Å². The Morgan fingerprint density at radius 2 is 1.44 bits per heavy atom. The second kappa shape index (κ2) is 8.42. The first-order valence-corrected chi connectivity index (χ1v) is 10.9. The van der Waals surface area contributed by atoms with Gasteiger partial charge in [0.05, 0.1) is 0 Å². The highest BCUT2D eigenvalue weighted by molar-refractivity contribution is 6.23. The Hall–Kier alpha value is -3.73. The summed E-state index contributed by atoms with van der Waals surface area (Å²) < 4.78 is 0. The molecule has 3 aromatic rings. The van der Waals surface area contributed by atoms with Crippen LogP contribution in [0.4, 0.5) is 0 Å². The lowest BCUT2D eigenvalue weighted by atomic mass is 9.88. The fourth-order valence-electron chi connectivity index (χ4n) is 4.57. The van der Waals surface area contributed by atoms with Crippen LogP contribution >= 0.6 is 0 Å². The number of carbonyl (C=O) groups excluding carboxylic acids is 2. The maximum Gasteiger partial charge on any atom is 0.274 e. The molecule has 2 amide bonds. The van der Waals surface area contributed by atoms with Crippen molar-refractivity contribution in [2.45, 2.75) is 25.4 Å². The zero-order chi connectivity index (χ0) is 22.1. The van der Waals surface area contributed by atoms with Gasteiger partial charge in [0.2, 0.25) is 12.0 Å². The van der Waals surface area contributed by atoms with Crippen molar-refractivity contribution in [1.82, 2.24) is 4.90 Å². The van der Waals surface area contributed by atoms with Gasteiger partial charge in [0.15, 0.2) is 0 Å². The normalized spacial score (nSPS) is 19.8. The summed E-state index contributed by atoms with van der Waals surface area (Å²) in [4.78, 5) is 33.1. The quantitative estimate of drug-likeness (QED) is 0.554. The molecule has 5 rings (SSSR count). The number of carbonyl (C=O) groups is 2. The van der Waals surface area contributed by atoms with Gasteiger partial charge >= 0.3 is 0 Å². The molecule has 0 saturated carbocycles. The van der Waals surface area contributed by atoms with E-state index < -0.39 is 12.0 Å². The van der Waals surface area contributed by atoms with Crippen molar-refractivity contribution < 1.29 is 14.4 Å². The van der Waals surface area contributed by atoms with Gasteiger partial charge in [0.1, 0.15) is 11.6 Å². The van der Waals surface area contributed by atoms with E-state index >= 15 is 0 Å². The molecule has 1 fully saturated rings. The van der Waals surface area contributed by atoms with Crippen LogP contribution in [0.5, 0.6) is 0 Å². The lowest BCUT2D eigenvalue weighted by molar-refractivity contribution is -0.142. The fraction of sp³-hybridized carbons (Fsp3) is 0.222. The minimum absolute atomic E-state index is 0.0876. The smallest absolute Gasteiger partial charge is 0.274 e. The van der Waals surface area contributed by atoms with Gasteiger partial charge in [-0.05, 0) is 24.5 Å². The summed E-state index contributed by atoms with van der Waals surface area (Å²) in [7, 11) is 0. The van der Waals surface area contributed by atoms with Crippen LogP contribution in [-0.2, 0) is 14.4 Å². The highest BCUT2D eigenvalue weighted by Crippen LogP contribution is 2.34. The van der Waals surface area contributed by atoms with Crippen molar-refractivity contribution in [1.29, 1.82) is 0 Å². The van der Waals surface area contributed by atoms with Crippen molar-refractivity contribution >= 4 is 17.5 Å². The Kier molecular flexibility index (Phi) is 5.31. The van der Waals surface area contributed by atoms with E-state index in [1.807, 2.05) is 67.6 Å². The SMILES string of the molecule is Cc1ccc(C2=NO[C@@H]3C(=O)N(CCC(c4ccccc4)c4ccccc4)C(=O)[C@H]23)cc1. The monoisotopic (exact) mass is 424 g/mol. The number of hydrogen-bond donors (Lipinski definition) is 0. The van der Waals surface area contributed by atoms with Crippen molar-refractivity contribution in [3.8, 4) is 0 Å². The van der Waals surface area contributed by atoms with E-state index in [9.17, 15) is 9.59 Å². The molecular formula is C27H24N2O3. The summed E-state index contributed by atoms with van der Waals surface area (Å²) in [5.74, 6) is -1.11. The zero-order valence-electron chi connectivity index (χ0n) is 17.8. The lowest BCUT2D eigenvalue weighted by Gasteiger charge is -2.22. The van der Waals surface area contributed by atoms with Crippen LogP contribution < -0.4 is 0 Å². The Morgan fingerprint density at radius 1 is 0.844 bits per heavy atom. The van der Waals surface area contributed by atoms with E-state index in [2.05, 4.69) is 29.4 Å². The molecule has 3 aromatic carbocycles. The number of benzene rings is 3. The van der Waals surface area contributed by atoms with Gasteiger partial charge in [0.25, 0.3) is 5.91 Å². The number of imide groups is 1. The summed E-state index contributed by atoms with van der Waals surface area (Å²) in [6.07, 6.45) is -0.215. The van der Waals surface area contributed by atoms with Gasteiger partial charge in [-0.15, -0.1) is 0 Å². The first-order chi connectivity index (χ1) is 15.6. The first kappa shape index (κ1) is 20.2. The molecular weight excluding hydrogens is 400 g/mol. The molecule has 0 N–H and O–H groups in total. The van der Waals surface area contributed by atoms with Crippen LogP contribution in [0.25, 0.3) is 0 Å². The zero-order valence-corrected chi connectivity index (χ0v) is 17.8. The van der Waals surface area contributed by atoms with Crippen molar-refractivity contribution in [2.24, 2.45) is 11.1 Å². The molecule has 2 heterocycles. The molecule has 0 unspecified atom stereocenters. The molecule has 5 heteroatoms. The van der Waals surface area contributed by atoms with Crippen LogP contribution in [-0.4, -0.2) is 35.1 Å². The molecule has 2 aliphatic heterocycles. The fourth-order valence-corrected chi connectivity index (χ4v) is 4.57. The number of nitrogens with zero attached hydrogens (tertiary/aromatic N) is 2. The predicted octanol–water partition coefficient (Wildman–Crippen LogP) is 4.31. The lowest BCUT2D eigenvalue weighted by Crippen LogP contribution is -2.35. The number of amides is 2. The maximum absolute atomic E-state index is 13.3. The predicted molar refractivity (Wildman–Crippen MR) is 122 cm³/mol. The average Bonchev–Trinajstić information content (AvgIpc) is 3.37. The maximum atomic E-state index is 13.3. The molecule has 0 aromatic heterocycles. The molecule has 2 atom stereocenters. The molecule has 0 bridgehead atoms. The molecule has 0 spiro atoms. The van der Waals surface area contributed by atoms with Gasteiger partial charge in [-0.1, -0.05) is 95.6 Å². The molecule has 5 nitrogen and oxygen atoms in total. The summed E-state index contributed by atoms with van der Waals surface area (Å²) in [5, 5.41) is 4.09. The molecule has 1 saturated heterocycles. The van der Waals surface area contributed by atoms with E-state index in [0.29, 0.717) is 18.7 Å². The molecule has 32 heavy (non-hydrogen) atoms. The topological polar surface area (TPSA) is 59.0 Å². The van der Waals surface area contributed by atoms with Gasteiger partial charge < -0.3 is 4.84 Å². The highest BCUT2D eigenvalue weighted by atomic mass is 16.6. The number of aryl methyl sites for hydroxylation is 1. The minimum atomic E-state index is -0.856. The summed E-state index contributed by atoms with van der Waals surface area (Å²) in [5.41, 5.74) is 4.80. The van der Waals surface area contributed by atoms with E-state index in [1.165, 1.54) is 4.90 Å². The number of fused-ring (bicyclic) bond motifs is 1. The summed E-state index contributed by atoms with van der Waals surface area (Å²) in [6, 6.07) is 28.2. The van der Waals surface area contributed by atoms with E-state index in [4.69, 9.17) is 4.84 Å². The largest absolute Gasteiger partial charge is 0.381 e. The molecule has 2 aliphatic rings. The van der Waals surface area contributed by atoms with Crippen LogP contribution in [0, 0.1) is 12.8 Å². The molecule has 0 aliphatic carbocycles. The number of likely N-dealkylation sites (tertiary alicyclic amines) is 1. The highest BCUT2D eigenvalue weighted by Gasteiger charge is 2.55. The van der Waals surface area contributed by atoms with Crippen molar-refractivity contribution in [2.75, 3.05) is 6.54 Å². The summed E-state index contributed by atoms with van der Waals surface area (Å²) in [6.45, 7) is 2.34. The summed E-state index contributed by atoms with van der Waals surface area (Å²) >= 11 is 0. The van der Waals surface area contributed by atoms with Gasteiger partial charge in [-0.2, -0.15) is 0 Å². The van der Waals surface area contributed by atoms with Gasteiger partial charge in [-0.3, -0.25) is 14.5 Å². The first-order valence-electron chi connectivity index (χ1n) is 10.9. The second-order valence-corrected chi connectivity index (χ2v) is 8.34. The Bertz CT molecular complexity index is 1120. The van der Waals surface area contributed by atoms with Crippen LogP contribution in [0.15, 0.2) is 90.1 Å². The minimum Gasteiger partial charge on any atom is -0.381 e. The van der Waals surface area contributed by atoms with E-state index in [0.717, 1.165) is 22.3 Å². The third-order valence-electron chi connectivity index (χ3n) is 6.30. The van der Waals surface area contributed by atoms with Crippen molar-refractivity contribution in [3.63, 3.8) is 0 Å². The third-order valence-corrected chi connectivity index (χ3v) is 6.30. The Morgan fingerprint density at radius 3 is 2.03 bits per heavy atom. The number of hydrogen-bond acceptors (Lipinski definition) is 4. The molecule has 0 radical (unpaired) electrons.